The molecule has 0 fully saturated rings. The maximum Gasteiger partial charge on any atom is 0.314 e. The monoisotopic (exact) mass is 548 g/mol. The van der Waals surface area contributed by atoms with E-state index in [1.807, 2.05) is 24.3 Å². The first-order valence-electron chi connectivity index (χ1n) is 10.9. The van der Waals surface area contributed by atoms with Gasteiger partial charge in [0, 0.05) is 25.7 Å². The molecule has 8 nitrogen and oxygen atoms in total. The Morgan fingerprint density at radius 2 is 1.44 bits per heavy atom. The topological polar surface area (TPSA) is 108 Å². The number of hydrogen-bond donors (Lipinski definition) is 3. The number of hydrogen-bond acceptors (Lipinski definition) is 4. The summed E-state index contributed by atoms with van der Waals surface area (Å²) in [6, 6.07) is 18.5. The third kappa shape index (κ3) is 7.36. The highest BCUT2D eigenvalue weighted by Crippen LogP contribution is 2.29. The van der Waals surface area contributed by atoms with E-state index in [-0.39, 0.29) is 18.5 Å². The van der Waals surface area contributed by atoms with Crippen LogP contribution in [-0.2, 0) is 29.7 Å². The van der Waals surface area contributed by atoms with Crippen molar-refractivity contribution >= 4 is 50.9 Å². The number of benzene rings is 3. The molecule has 0 saturated carbocycles. The lowest BCUT2D eigenvalue weighted by atomic mass is 10.1. The summed E-state index contributed by atoms with van der Waals surface area (Å²) in [5.74, 6) is -0.296. The molecule has 3 aromatic carbocycles. The van der Waals surface area contributed by atoms with Gasteiger partial charge in [0.05, 0.1) is 28.5 Å². The van der Waals surface area contributed by atoms with Crippen LogP contribution in [0.3, 0.4) is 0 Å². The number of urea groups is 1. The van der Waals surface area contributed by atoms with E-state index < -0.39 is 10.0 Å². The fourth-order valence-electron chi connectivity index (χ4n) is 3.33. The summed E-state index contributed by atoms with van der Waals surface area (Å²) in [4.78, 5) is 23.9. The number of carbonyl (C=O) groups excluding carboxylic acids is 2. The number of nitrogens with one attached hydrogen (secondary N) is 3. The molecule has 0 atom stereocenters. The minimum absolute atomic E-state index is 0.00159. The zero-order valence-corrected chi connectivity index (χ0v) is 22.0. The van der Waals surface area contributed by atoms with Gasteiger partial charge in [-0.1, -0.05) is 59.6 Å². The Bertz CT molecular complexity index is 1330. The summed E-state index contributed by atoms with van der Waals surface area (Å²) in [5, 5.41) is 8.67. The Kier molecular flexibility index (Phi) is 9.19. The predicted octanol–water partition coefficient (Wildman–Crippen LogP) is 4.32. The molecule has 0 bridgehead atoms. The molecule has 0 heterocycles. The lowest BCUT2D eigenvalue weighted by Crippen LogP contribution is -2.32. The highest BCUT2D eigenvalue weighted by molar-refractivity contribution is 7.92. The van der Waals surface area contributed by atoms with Gasteiger partial charge in [-0.3, -0.25) is 9.10 Å². The molecule has 190 valence electrons. The molecule has 0 spiro atoms. The van der Waals surface area contributed by atoms with E-state index in [1.54, 1.807) is 49.5 Å². The van der Waals surface area contributed by atoms with Gasteiger partial charge in [-0.05, 0) is 47.0 Å². The van der Waals surface area contributed by atoms with E-state index in [0.29, 0.717) is 39.9 Å². The number of rotatable bonds is 9. The second kappa shape index (κ2) is 12.1. The summed E-state index contributed by atoms with van der Waals surface area (Å²) < 4.78 is 26.1. The highest BCUT2D eigenvalue weighted by atomic mass is 35.5. The molecule has 0 unspecified atom stereocenters. The maximum absolute atomic E-state index is 12.6. The zero-order chi connectivity index (χ0) is 26.3. The van der Waals surface area contributed by atoms with Crippen LogP contribution < -0.4 is 20.3 Å². The van der Waals surface area contributed by atoms with Gasteiger partial charge >= 0.3 is 6.03 Å². The van der Waals surface area contributed by atoms with E-state index in [4.69, 9.17) is 23.2 Å². The summed E-state index contributed by atoms with van der Waals surface area (Å²) in [6.45, 7) is 0.706. The summed E-state index contributed by atoms with van der Waals surface area (Å²) in [5.41, 5.74) is 3.17. The average molecular weight is 549 g/mol. The number of anilines is 1. The van der Waals surface area contributed by atoms with Gasteiger partial charge in [0.15, 0.2) is 0 Å². The Balaban J connectivity index is 1.64. The van der Waals surface area contributed by atoms with Crippen molar-refractivity contribution in [2.45, 2.75) is 19.6 Å². The van der Waals surface area contributed by atoms with Crippen LogP contribution in [0.1, 0.15) is 27.0 Å². The van der Waals surface area contributed by atoms with Gasteiger partial charge < -0.3 is 16.0 Å². The molecule has 0 aromatic heterocycles. The van der Waals surface area contributed by atoms with Gasteiger partial charge in [0.2, 0.25) is 10.0 Å². The van der Waals surface area contributed by atoms with Crippen molar-refractivity contribution in [1.29, 1.82) is 0 Å². The molecular weight excluding hydrogens is 523 g/mol. The Labute approximate surface area is 220 Å². The van der Waals surface area contributed by atoms with Crippen LogP contribution in [-0.4, -0.2) is 33.7 Å². The van der Waals surface area contributed by atoms with E-state index in [1.165, 1.54) is 4.31 Å². The van der Waals surface area contributed by atoms with Crippen molar-refractivity contribution in [3.05, 3.63) is 99.0 Å². The summed E-state index contributed by atoms with van der Waals surface area (Å²) in [7, 11) is -2.09. The van der Waals surface area contributed by atoms with Gasteiger partial charge in [-0.25, -0.2) is 13.2 Å². The van der Waals surface area contributed by atoms with E-state index in [9.17, 15) is 18.0 Å². The normalized spacial score (nSPS) is 11.0. The molecular formula is C25H26Cl2N4O4S. The first-order valence-corrected chi connectivity index (χ1v) is 13.5. The quantitative estimate of drug-likeness (QED) is 0.370. The Morgan fingerprint density at radius 3 is 2.00 bits per heavy atom. The minimum Gasteiger partial charge on any atom is -0.348 e. The SMILES string of the molecule is CNC(=O)NCc1ccc(CNC(=O)c2ccc(N(Cc3cccc(Cl)c3Cl)S(C)(=O)=O)cc2)cc1. The summed E-state index contributed by atoms with van der Waals surface area (Å²) in [6.07, 6.45) is 1.10. The largest absolute Gasteiger partial charge is 0.348 e. The van der Waals surface area contributed by atoms with Crippen LogP contribution in [0.25, 0.3) is 0 Å². The fourth-order valence-corrected chi connectivity index (χ4v) is 4.59. The number of sulfonamides is 1. The van der Waals surface area contributed by atoms with Crippen molar-refractivity contribution in [3.8, 4) is 0 Å². The smallest absolute Gasteiger partial charge is 0.314 e. The molecule has 0 radical (unpaired) electrons. The molecule has 11 heteroatoms. The molecule has 0 saturated heterocycles. The molecule has 3 N–H and O–H groups in total. The second-order valence-corrected chi connectivity index (χ2v) is 10.7. The van der Waals surface area contributed by atoms with Crippen LogP contribution in [0.4, 0.5) is 10.5 Å². The first kappa shape index (κ1) is 27.3. The molecule has 3 amide bonds. The van der Waals surface area contributed by atoms with Gasteiger partial charge in [-0.2, -0.15) is 0 Å². The van der Waals surface area contributed by atoms with Crippen molar-refractivity contribution in [2.75, 3.05) is 17.6 Å². The van der Waals surface area contributed by atoms with Crippen molar-refractivity contribution in [2.24, 2.45) is 0 Å². The van der Waals surface area contributed by atoms with E-state index in [2.05, 4.69) is 16.0 Å². The number of halogens is 2. The van der Waals surface area contributed by atoms with Crippen LogP contribution in [0.5, 0.6) is 0 Å². The van der Waals surface area contributed by atoms with Crippen LogP contribution in [0.15, 0.2) is 66.7 Å². The van der Waals surface area contributed by atoms with Crippen LogP contribution in [0.2, 0.25) is 10.0 Å². The van der Waals surface area contributed by atoms with E-state index >= 15 is 0 Å². The maximum atomic E-state index is 12.6. The minimum atomic E-state index is -3.63. The number of carbonyl (C=O) groups is 2. The predicted molar refractivity (Wildman–Crippen MR) is 143 cm³/mol. The van der Waals surface area contributed by atoms with Crippen LogP contribution in [0, 0.1) is 0 Å². The average Bonchev–Trinajstić information content (AvgIpc) is 2.86. The number of amides is 3. The van der Waals surface area contributed by atoms with Crippen molar-refractivity contribution in [1.82, 2.24) is 16.0 Å². The molecule has 36 heavy (non-hydrogen) atoms. The van der Waals surface area contributed by atoms with Crippen LogP contribution >= 0.6 is 23.2 Å². The Hall–Kier alpha value is -3.27. The van der Waals surface area contributed by atoms with Crippen molar-refractivity contribution in [3.63, 3.8) is 0 Å². The number of nitrogens with zero attached hydrogens (tertiary/aromatic N) is 1. The third-order valence-electron chi connectivity index (χ3n) is 5.32. The summed E-state index contributed by atoms with van der Waals surface area (Å²) >= 11 is 12.3. The second-order valence-electron chi connectivity index (χ2n) is 7.96. The highest BCUT2D eigenvalue weighted by Gasteiger charge is 2.20. The van der Waals surface area contributed by atoms with Gasteiger partial charge in [0.1, 0.15) is 0 Å². The molecule has 3 aromatic rings. The Morgan fingerprint density at radius 1 is 0.861 bits per heavy atom. The zero-order valence-electron chi connectivity index (χ0n) is 19.7. The third-order valence-corrected chi connectivity index (χ3v) is 7.32. The first-order chi connectivity index (χ1) is 17.1. The molecule has 0 aliphatic rings. The van der Waals surface area contributed by atoms with Gasteiger partial charge in [-0.15, -0.1) is 0 Å². The molecule has 0 aliphatic carbocycles. The fraction of sp³-hybridized carbons (Fsp3) is 0.200. The van der Waals surface area contributed by atoms with Crippen molar-refractivity contribution < 1.29 is 18.0 Å². The standard InChI is InChI=1S/C25H26Cl2N4O4S/c1-28-25(33)30-15-18-8-6-17(7-9-18)14-29-24(32)19-10-12-21(13-11-19)31(36(2,34)35)16-20-4-3-5-22(26)23(20)27/h3-13H,14-16H2,1-2H3,(H,29,32)(H2,28,30,33). The molecule has 3 rings (SSSR count). The lowest BCUT2D eigenvalue weighted by molar-refractivity contribution is 0.0951. The van der Waals surface area contributed by atoms with Gasteiger partial charge in [0.25, 0.3) is 5.91 Å². The molecule has 0 aliphatic heterocycles. The van der Waals surface area contributed by atoms with E-state index in [0.717, 1.165) is 17.4 Å². The lowest BCUT2D eigenvalue weighted by Gasteiger charge is -2.23.